The smallest absolute Gasteiger partial charge is 0.300 e. The Morgan fingerprint density at radius 1 is 0.714 bits per heavy atom. The van der Waals surface area contributed by atoms with Gasteiger partial charge in [-0.05, 0) is 125 Å². The van der Waals surface area contributed by atoms with Gasteiger partial charge in [0.2, 0.25) is 17.5 Å². The summed E-state index contributed by atoms with van der Waals surface area (Å²) in [5, 5.41) is 3.19. The van der Waals surface area contributed by atoms with Crippen LogP contribution in [0.15, 0.2) is 155 Å². The number of aromatic nitrogens is 5. The molecule has 0 radical (unpaired) electrons. The number of imidazole rings is 1. The lowest BCUT2D eigenvalue weighted by atomic mass is 10.0. The standard InChI is InChI=1S/C44H29BrN6O5/c1-53-39-25-27(34-23-22-33(45)43(50-34)55-30-19-15-28(16-20-30)47-44-51-37-10-4-5-11-38(37)56-44)14-21-31(39)32-7-6-24-46-42(32)54-29-17-12-26(13-18-29)40(52)41-48-35-8-2-3-9-36(35)49-41/h2-25H,1H3,(H,47,51)(H,48,49). The lowest BCUT2D eigenvalue weighted by Crippen LogP contribution is -2.03. The highest BCUT2D eigenvalue weighted by atomic mass is 79.9. The summed E-state index contributed by atoms with van der Waals surface area (Å²) in [5.74, 6) is 2.56. The van der Waals surface area contributed by atoms with Crippen molar-refractivity contribution < 1.29 is 23.4 Å². The highest BCUT2D eigenvalue weighted by Gasteiger charge is 2.18. The van der Waals surface area contributed by atoms with Crippen LogP contribution >= 0.6 is 15.9 Å². The number of anilines is 2. The Morgan fingerprint density at radius 3 is 2.25 bits per heavy atom. The van der Waals surface area contributed by atoms with Crippen LogP contribution in [0.25, 0.3) is 44.5 Å². The van der Waals surface area contributed by atoms with Crippen molar-refractivity contribution in [2.24, 2.45) is 0 Å². The van der Waals surface area contributed by atoms with Crippen LogP contribution in [0.3, 0.4) is 0 Å². The zero-order valence-corrected chi connectivity index (χ0v) is 31.2. The highest BCUT2D eigenvalue weighted by molar-refractivity contribution is 9.10. The number of nitrogens with one attached hydrogen (secondary N) is 2. The van der Waals surface area contributed by atoms with Crippen molar-refractivity contribution in [1.29, 1.82) is 0 Å². The molecular formula is C44H29BrN6O5. The maximum atomic E-state index is 13.1. The number of ketones is 1. The van der Waals surface area contributed by atoms with Gasteiger partial charge in [0.05, 0.1) is 28.3 Å². The van der Waals surface area contributed by atoms with E-state index in [1.165, 1.54) is 0 Å². The number of rotatable bonds is 11. The van der Waals surface area contributed by atoms with Gasteiger partial charge in [-0.15, -0.1) is 0 Å². The summed E-state index contributed by atoms with van der Waals surface area (Å²) in [6.45, 7) is 0. The number of nitrogens with zero attached hydrogens (tertiary/aromatic N) is 4. The molecule has 0 atom stereocenters. The molecule has 0 fully saturated rings. The van der Waals surface area contributed by atoms with E-state index in [0.29, 0.717) is 56.3 Å². The van der Waals surface area contributed by atoms with Gasteiger partial charge in [-0.3, -0.25) is 4.79 Å². The van der Waals surface area contributed by atoms with E-state index in [9.17, 15) is 4.79 Å². The molecule has 0 spiro atoms. The first-order valence-corrected chi connectivity index (χ1v) is 18.2. The average molecular weight is 802 g/mol. The van der Waals surface area contributed by atoms with Crippen LogP contribution in [0.1, 0.15) is 16.2 Å². The number of hydrogen-bond acceptors (Lipinski definition) is 10. The molecule has 0 saturated carbocycles. The van der Waals surface area contributed by atoms with Crippen molar-refractivity contribution in [2.75, 3.05) is 12.4 Å². The largest absolute Gasteiger partial charge is 0.496 e. The van der Waals surface area contributed by atoms with Gasteiger partial charge in [0.25, 0.3) is 6.01 Å². The molecule has 272 valence electrons. The fourth-order valence-corrected chi connectivity index (χ4v) is 6.46. The van der Waals surface area contributed by atoms with Crippen molar-refractivity contribution in [3.63, 3.8) is 0 Å². The van der Waals surface area contributed by atoms with E-state index in [4.69, 9.17) is 23.6 Å². The van der Waals surface area contributed by atoms with Gasteiger partial charge in [-0.1, -0.05) is 30.3 Å². The molecule has 0 aliphatic carbocycles. The number of ether oxygens (including phenoxy) is 3. The summed E-state index contributed by atoms with van der Waals surface area (Å²) < 4.78 is 24.8. The van der Waals surface area contributed by atoms with E-state index in [1.54, 1.807) is 37.6 Å². The van der Waals surface area contributed by atoms with E-state index in [0.717, 1.165) is 38.9 Å². The van der Waals surface area contributed by atoms with Gasteiger partial charge in [0.1, 0.15) is 22.8 Å². The zero-order valence-electron chi connectivity index (χ0n) is 29.6. The first kappa shape index (κ1) is 34.5. The van der Waals surface area contributed by atoms with Crippen LogP contribution in [-0.2, 0) is 0 Å². The minimum absolute atomic E-state index is 0.213. The number of hydrogen-bond donors (Lipinski definition) is 2. The minimum Gasteiger partial charge on any atom is -0.496 e. The summed E-state index contributed by atoms with van der Waals surface area (Å²) in [4.78, 5) is 34.5. The molecule has 0 saturated heterocycles. The predicted molar refractivity (Wildman–Crippen MR) is 217 cm³/mol. The minimum atomic E-state index is -0.213. The van der Waals surface area contributed by atoms with Crippen LogP contribution in [0.2, 0.25) is 0 Å². The van der Waals surface area contributed by atoms with E-state index in [1.807, 2.05) is 115 Å². The maximum absolute atomic E-state index is 13.1. The average Bonchev–Trinajstić information content (AvgIpc) is 3.87. The molecule has 12 heteroatoms. The number of carbonyl (C=O) groups excluding carboxylic acids is 1. The van der Waals surface area contributed by atoms with Gasteiger partial charge in [-0.2, -0.15) is 4.98 Å². The van der Waals surface area contributed by atoms with Crippen molar-refractivity contribution >= 4 is 55.5 Å². The lowest BCUT2D eigenvalue weighted by molar-refractivity contribution is 0.103. The molecule has 0 aliphatic rings. The molecule has 0 amide bonds. The van der Waals surface area contributed by atoms with Gasteiger partial charge in [0.15, 0.2) is 11.4 Å². The summed E-state index contributed by atoms with van der Waals surface area (Å²) in [6, 6.07) is 43.2. The summed E-state index contributed by atoms with van der Waals surface area (Å²) >= 11 is 3.58. The molecule has 0 unspecified atom stereocenters. The normalized spacial score (nSPS) is 11.1. The van der Waals surface area contributed by atoms with Crippen molar-refractivity contribution in [1.82, 2.24) is 24.9 Å². The van der Waals surface area contributed by atoms with E-state index in [-0.39, 0.29) is 11.6 Å². The Morgan fingerprint density at radius 2 is 1.46 bits per heavy atom. The molecular weight excluding hydrogens is 772 g/mol. The molecule has 4 heterocycles. The molecule has 4 aromatic heterocycles. The summed E-state index contributed by atoms with van der Waals surface area (Å²) in [5.41, 5.74) is 7.30. The predicted octanol–water partition coefficient (Wildman–Crippen LogP) is 11.2. The van der Waals surface area contributed by atoms with Crippen LogP contribution < -0.4 is 19.5 Å². The number of oxazole rings is 1. The Kier molecular flexibility index (Phi) is 9.13. The SMILES string of the molecule is COc1cc(-c2ccc(Br)c(Oc3ccc(Nc4nc5ccccc5o4)cc3)n2)ccc1-c1cccnc1Oc1ccc(C(=O)c2nc3ccccc3[nH]2)cc1. The van der Waals surface area contributed by atoms with Crippen LogP contribution in [0.5, 0.6) is 29.0 Å². The number of fused-ring (bicyclic) bond motifs is 2. The number of aromatic amines is 1. The molecule has 0 aliphatic heterocycles. The molecule has 9 rings (SSSR count). The first-order chi connectivity index (χ1) is 27.5. The van der Waals surface area contributed by atoms with Crippen molar-refractivity contribution in [3.05, 3.63) is 162 Å². The fraction of sp³-hybridized carbons (Fsp3) is 0.0227. The Bertz CT molecular complexity index is 2810. The molecule has 0 bridgehead atoms. The Balaban J connectivity index is 0.911. The highest BCUT2D eigenvalue weighted by Crippen LogP contribution is 2.40. The second kappa shape index (κ2) is 14.8. The third-order valence-corrected chi connectivity index (χ3v) is 9.53. The number of H-pyrrole nitrogens is 1. The number of benzene rings is 5. The van der Waals surface area contributed by atoms with Gasteiger partial charge in [0, 0.05) is 34.1 Å². The van der Waals surface area contributed by atoms with Crippen LogP contribution in [0, 0.1) is 0 Å². The fourth-order valence-electron chi connectivity index (χ4n) is 6.16. The van der Waals surface area contributed by atoms with Gasteiger partial charge >= 0.3 is 0 Å². The molecule has 11 nitrogen and oxygen atoms in total. The molecule has 9 aromatic rings. The van der Waals surface area contributed by atoms with Crippen LogP contribution in [-0.4, -0.2) is 37.8 Å². The quantitative estimate of drug-likeness (QED) is 0.122. The first-order valence-electron chi connectivity index (χ1n) is 17.5. The Hall–Kier alpha value is -7.31. The number of para-hydroxylation sites is 4. The third-order valence-electron chi connectivity index (χ3n) is 8.92. The van der Waals surface area contributed by atoms with Crippen molar-refractivity contribution in [2.45, 2.75) is 0 Å². The molecule has 5 aromatic carbocycles. The summed E-state index contributed by atoms with van der Waals surface area (Å²) in [6.07, 6.45) is 1.66. The van der Waals surface area contributed by atoms with E-state index >= 15 is 0 Å². The van der Waals surface area contributed by atoms with Gasteiger partial charge < -0.3 is 28.9 Å². The topological polar surface area (TPSA) is 137 Å². The molecule has 56 heavy (non-hydrogen) atoms. The van der Waals surface area contributed by atoms with E-state index in [2.05, 4.69) is 41.2 Å². The lowest BCUT2D eigenvalue weighted by Gasteiger charge is -2.15. The number of carbonyl (C=O) groups is 1. The molecule has 2 N–H and O–H groups in total. The van der Waals surface area contributed by atoms with Crippen LogP contribution in [0.4, 0.5) is 11.7 Å². The summed E-state index contributed by atoms with van der Waals surface area (Å²) in [7, 11) is 1.61. The second-order valence-electron chi connectivity index (χ2n) is 12.6. The zero-order chi connectivity index (χ0) is 38.0. The third kappa shape index (κ3) is 7.04. The maximum Gasteiger partial charge on any atom is 0.300 e. The van der Waals surface area contributed by atoms with Crippen molar-refractivity contribution in [3.8, 4) is 51.4 Å². The number of halogens is 1. The second-order valence-corrected chi connectivity index (χ2v) is 13.4. The van der Waals surface area contributed by atoms with E-state index < -0.39 is 0 Å². The Labute approximate surface area is 328 Å². The monoisotopic (exact) mass is 800 g/mol. The van der Waals surface area contributed by atoms with Gasteiger partial charge in [-0.25, -0.2) is 15.0 Å². The number of pyridine rings is 2. The number of methoxy groups -OCH3 is 1.